The van der Waals surface area contributed by atoms with E-state index in [1.165, 1.54) is 0 Å². The maximum atomic E-state index is 11.9. The summed E-state index contributed by atoms with van der Waals surface area (Å²) in [4.78, 5) is 11.9. The average Bonchev–Trinajstić information content (AvgIpc) is 2.48. The molecule has 110 valence electrons. The first kappa shape index (κ1) is 15.5. The number of amides is 2. The minimum Gasteiger partial charge on any atom is -0.496 e. The molecule has 2 N–H and O–H groups in total. The molecule has 0 aromatic heterocycles. The second kappa shape index (κ2) is 7.20. The summed E-state index contributed by atoms with van der Waals surface area (Å²) in [6.45, 7) is 0.348. The zero-order valence-electron chi connectivity index (χ0n) is 11.3. The molecule has 0 spiro atoms. The minimum absolute atomic E-state index is 0.348. The van der Waals surface area contributed by atoms with E-state index in [1.807, 2.05) is 24.3 Å². The molecule has 2 aromatic carbocycles. The Morgan fingerprint density at radius 2 is 1.95 bits per heavy atom. The molecule has 0 saturated carbocycles. The maximum absolute atomic E-state index is 11.9. The van der Waals surface area contributed by atoms with E-state index in [0.29, 0.717) is 22.3 Å². The number of methoxy groups -OCH3 is 1. The van der Waals surface area contributed by atoms with E-state index < -0.39 is 0 Å². The lowest BCUT2D eigenvalue weighted by atomic mass is 10.2. The molecule has 0 aliphatic heterocycles. The Balaban J connectivity index is 1.96. The van der Waals surface area contributed by atoms with Crippen molar-refractivity contribution in [2.45, 2.75) is 6.54 Å². The number of para-hydroxylation sites is 1. The third kappa shape index (κ3) is 4.28. The number of hydrogen-bond donors (Lipinski definition) is 2. The topological polar surface area (TPSA) is 50.4 Å². The van der Waals surface area contributed by atoms with Gasteiger partial charge < -0.3 is 15.4 Å². The number of nitrogens with one attached hydrogen (secondary N) is 2. The molecule has 2 aromatic rings. The SMILES string of the molecule is COc1ccccc1CNC(=O)Nc1ccc(Cl)cc1Cl. The largest absolute Gasteiger partial charge is 0.496 e. The van der Waals surface area contributed by atoms with Crippen molar-refractivity contribution in [2.24, 2.45) is 0 Å². The molecule has 0 aliphatic rings. The van der Waals surface area contributed by atoms with Crippen LogP contribution in [0.2, 0.25) is 10.0 Å². The van der Waals surface area contributed by atoms with E-state index >= 15 is 0 Å². The van der Waals surface area contributed by atoms with Crippen LogP contribution in [0.3, 0.4) is 0 Å². The molecular weight excluding hydrogens is 311 g/mol. The summed E-state index contributed by atoms with van der Waals surface area (Å²) in [5.74, 6) is 0.724. The fourth-order valence-corrected chi connectivity index (χ4v) is 2.24. The van der Waals surface area contributed by atoms with Crippen molar-refractivity contribution in [3.8, 4) is 5.75 Å². The number of urea groups is 1. The summed E-state index contributed by atoms with van der Waals surface area (Å²) < 4.78 is 5.22. The van der Waals surface area contributed by atoms with Gasteiger partial charge in [-0.05, 0) is 24.3 Å². The second-order valence-corrected chi connectivity index (χ2v) is 5.09. The first-order valence-electron chi connectivity index (χ1n) is 6.22. The van der Waals surface area contributed by atoms with Crippen molar-refractivity contribution in [1.82, 2.24) is 5.32 Å². The number of halogens is 2. The molecule has 0 fully saturated rings. The number of benzene rings is 2. The molecule has 0 aliphatic carbocycles. The van der Waals surface area contributed by atoms with E-state index in [2.05, 4.69) is 10.6 Å². The van der Waals surface area contributed by atoms with Gasteiger partial charge in [0.2, 0.25) is 0 Å². The highest BCUT2D eigenvalue weighted by molar-refractivity contribution is 6.36. The normalized spacial score (nSPS) is 10.0. The standard InChI is InChI=1S/C15H14Cl2N2O2/c1-21-14-5-3-2-4-10(14)9-18-15(20)19-13-7-6-11(16)8-12(13)17/h2-8H,9H2,1H3,(H2,18,19,20). The molecule has 0 radical (unpaired) electrons. The highest BCUT2D eigenvalue weighted by Gasteiger charge is 2.07. The predicted molar refractivity (Wildman–Crippen MR) is 85.3 cm³/mol. The lowest BCUT2D eigenvalue weighted by Gasteiger charge is -2.11. The quantitative estimate of drug-likeness (QED) is 0.879. The Labute approximate surface area is 133 Å². The number of hydrogen-bond acceptors (Lipinski definition) is 2. The lowest BCUT2D eigenvalue weighted by molar-refractivity contribution is 0.251. The average molecular weight is 325 g/mol. The summed E-state index contributed by atoms with van der Waals surface area (Å²) >= 11 is 11.8. The van der Waals surface area contributed by atoms with E-state index in [-0.39, 0.29) is 6.03 Å². The first-order chi connectivity index (χ1) is 10.1. The van der Waals surface area contributed by atoms with Gasteiger partial charge in [-0.1, -0.05) is 41.4 Å². The van der Waals surface area contributed by atoms with Gasteiger partial charge in [-0.25, -0.2) is 4.79 Å². The van der Waals surface area contributed by atoms with Gasteiger partial charge in [0.05, 0.1) is 17.8 Å². The minimum atomic E-state index is -0.356. The predicted octanol–water partition coefficient (Wildman–Crippen LogP) is 4.32. The lowest BCUT2D eigenvalue weighted by Crippen LogP contribution is -2.28. The van der Waals surface area contributed by atoms with E-state index in [4.69, 9.17) is 27.9 Å². The molecule has 0 atom stereocenters. The molecule has 0 bridgehead atoms. The monoisotopic (exact) mass is 324 g/mol. The first-order valence-corrected chi connectivity index (χ1v) is 6.97. The van der Waals surface area contributed by atoms with Crippen molar-refractivity contribution in [3.05, 3.63) is 58.1 Å². The summed E-state index contributed by atoms with van der Waals surface area (Å²) in [5, 5.41) is 6.30. The molecule has 2 amide bonds. The van der Waals surface area contributed by atoms with Crippen molar-refractivity contribution in [1.29, 1.82) is 0 Å². The molecule has 0 heterocycles. The highest BCUT2D eigenvalue weighted by Crippen LogP contribution is 2.25. The van der Waals surface area contributed by atoms with Crippen molar-refractivity contribution >= 4 is 34.9 Å². The third-order valence-electron chi connectivity index (χ3n) is 2.81. The molecule has 0 saturated heterocycles. The zero-order chi connectivity index (χ0) is 15.2. The van der Waals surface area contributed by atoms with Gasteiger partial charge in [-0.15, -0.1) is 0 Å². The van der Waals surface area contributed by atoms with Crippen LogP contribution in [-0.2, 0) is 6.54 Å². The summed E-state index contributed by atoms with van der Waals surface area (Å²) in [6, 6.07) is 12.0. The summed E-state index contributed by atoms with van der Waals surface area (Å²) in [5.41, 5.74) is 1.39. The van der Waals surface area contributed by atoms with Gasteiger partial charge >= 0.3 is 6.03 Å². The molecule has 0 unspecified atom stereocenters. The van der Waals surface area contributed by atoms with E-state index in [1.54, 1.807) is 25.3 Å². The molecule has 6 heteroatoms. The van der Waals surface area contributed by atoms with Crippen molar-refractivity contribution < 1.29 is 9.53 Å². The molecule has 2 rings (SSSR count). The Kier molecular flexibility index (Phi) is 5.31. The summed E-state index contributed by atoms with van der Waals surface area (Å²) in [6.07, 6.45) is 0. The van der Waals surface area contributed by atoms with E-state index in [9.17, 15) is 4.79 Å². The van der Waals surface area contributed by atoms with Crippen LogP contribution in [0.5, 0.6) is 5.75 Å². The van der Waals surface area contributed by atoms with Crippen LogP contribution >= 0.6 is 23.2 Å². The summed E-state index contributed by atoms with van der Waals surface area (Å²) in [7, 11) is 1.59. The van der Waals surface area contributed by atoms with Crippen LogP contribution < -0.4 is 15.4 Å². The van der Waals surface area contributed by atoms with Crippen molar-refractivity contribution in [3.63, 3.8) is 0 Å². The third-order valence-corrected chi connectivity index (χ3v) is 3.36. The van der Waals surface area contributed by atoms with Gasteiger partial charge in [0.15, 0.2) is 0 Å². The van der Waals surface area contributed by atoms with Gasteiger partial charge in [0.25, 0.3) is 0 Å². The second-order valence-electron chi connectivity index (χ2n) is 4.24. The van der Waals surface area contributed by atoms with Gasteiger partial charge in [0, 0.05) is 17.1 Å². The fourth-order valence-electron chi connectivity index (χ4n) is 1.78. The van der Waals surface area contributed by atoms with Gasteiger partial charge in [0.1, 0.15) is 5.75 Å². The zero-order valence-corrected chi connectivity index (χ0v) is 12.8. The number of ether oxygens (including phenoxy) is 1. The van der Waals surface area contributed by atoms with Crippen LogP contribution in [0.4, 0.5) is 10.5 Å². The van der Waals surface area contributed by atoms with Crippen molar-refractivity contribution in [2.75, 3.05) is 12.4 Å². The van der Waals surface area contributed by atoms with Crippen LogP contribution in [0.1, 0.15) is 5.56 Å². The molecule has 21 heavy (non-hydrogen) atoms. The van der Waals surface area contributed by atoms with Gasteiger partial charge in [-0.2, -0.15) is 0 Å². The number of rotatable bonds is 4. The molecular formula is C15H14Cl2N2O2. The smallest absolute Gasteiger partial charge is 0.319 e. The number of anilines is 1. The fraction of sp³-hybridized carbons (Fsp3) is 0.133. The van der Waals surface area contributed by atoms with Crippen LogP contribution in [0, 0.1) is 0 Å². The Bertz CT molecular complexity index is 647. The Hall–Kier alpha value is -1.91. The van der Waals surface area contributed by atoms with E-state index in [0.717, 1.165) is 11.3 Å². The number of carbonyl (C=O) groups excluding carboxylic acids is 1. The van der Waals surface area contributed by atoms with Crippen LogP contribution in [0.25, 0.3) is 0 Å². The maximum Gasteiger partial charge on any atom is 0.319 e. The number of carbonyl (C=O) groups is 1. The van der Waals surface area contributed by atoms with Crippen LogP contribution in [-0.4, -0.2) is 13.1 Å². The Morgan fingerprint density at radius 3 is 2.67 bits per heavy atom. The molecule has 4 nitrogen and oxygen atoms in total. The Morgan fingerprint density at radius 1 is 1.19 bits per heavy atom. The highest BCUT2D eigenvalue weighted by atomic mass is 35.5. The van der Waals surface area contributed by atoms with Crippen LogP contribution in [0.15, 0.2) is 42.5 Å². The van der Waals surface area contributed by atoms with Gasteiger partial charge in [-0.3, -0.25) is 0 Å².